The van der Waals surface area contributed by atoms with Crippen LogP contribution in [-0.2, 0) is 4.74 Å². The molecule has 0 amide bonds. The molecule has 1 aromatic rings. The van der Waals surface area contributed by atoms with Crippen LogP contribution >= 0.6 is 22.6 Å². The lowest BCUT2D eigenvalue weighted by atomic mass is 10.4. The molecular weight excluding hydrogens is 283 g/mol. The van der Waals surface area contributed by atoms with E-state index in [1.54, 1.807) is 13.3 Å². The normalized spacial score (nSPS) is 10.0. The van der Waals surface area contributed by atoms with Gasteiger partial charge in [-0.2, -0.15) is 0 Å². The molecule has 0 radical (unpaired) electrons. The summed E-state index contributed by atoms with van der Waals surface area (Å²) in [5.41, 5.74) is 5.54. The zero-order valence-corrected chi connectivity index (χ0v) is 9.45. The fourth-order valence-electron chi connectivity index (χ4n) is 0.753. The number of hydrogen-bond donors (Lipinski definition) is 1. The van der Waals surface area contributed by atoms with Gasteiger partial charge in [-0.1, -0.05) is 0 Å². The van der Waals surface area contributed by atoms with Gasteiger partial charge < -0.3 is 15.2 Å². The molecule has 0 aromatic carbocycles. The Balaban J connectivity index is 2.53. The van der Waals surface area contributed by atoms with Gasteiger partial charge in [0, 0.05) is 7.11 Å². The van der Waals surface area contributed by atoms with E-state index < -0.39 is 0 Å². The Hall–Kier alpha value is -0.560. The topological polar surface area (TPSA) is 57.4 Å². The van der Waals surface area contributed by atoms with Crippen LogP contribution in [-0.4, -0.2) is 25.3 Å². The molecular formula is C8H11IN2O2. The zero-order chi connectivity index (χ0) is 9.68. The first-order chi connectivity index (χ1) is 6.24. The molecule has 2 N–H and O–H groups in total. The van der Waals surface area contributed by atoms with Gasteiger partial charge in [-0.15, -0.1) is 0 Å². The van der Waals surface area contributed by atoms with Gasteiger partial charge in [0.25, 0.3) is 0 Å². The van der Waals surface area contributed by atoms with Crippen molar-refractivity contribution in [1.29, 1.82) is 0 Å². The van der Waals surface area contributed by atoms with E-state index >= 15 is 0 Å². The van der Waals surface area contributed by atoms with E-state index in [1.807, 2.05) is 6.07 Å². The van der Waals surface area contributed by atoms with Crippen molar-refractivity contribution in [2.75, 3.05) is 26.1 Å². The van der Waals surface area contributed by atoms with Gasteiger partial charge in [-0.25, -0.2) is 4.98 Å². The number of ether oxygens (including phenoxy) is 2. The third kappa shape index (κ3) is 3.35. The number of methoxy groups -OCH3 is 1. The molecule has 0 bridgehead atoms. The van der Waals surface area contributed by atoms with E-state index in [4.69, 9.17) is 15.2 Å². The number of anilines is 1. The zero-order valence-electron chi connectivity index (χ0n) is 7.29. The van der Waals surface area contributed by atoms with Crippen LogP contribution in [0.25, 0.3) is 0 Å². The predicted molar refractivity (Wildman–Crippen MR) is 58.7 cm³/mol. The molecule has 0 saturated carbocycles. The fourth-order valence-corrected chi connectivity index (χ4v) is 1.20. The van der Waals surface area contributed by atoms with Crippen LogP contribution < -0.4 is 10.5 Å². The molecule has 1 rings (SSSR count). The van der Waals surface area contributed by atoms with Crippen LogP contribution in [0.15, 0.2) is 12.3 Å². The van der Waals surface area contributed by atoms with Crippen molar-refractivity contribution >= 4 is 28.4 Å². The lowest BCUT2D eigenvalue weighted by Gasteiger charge is -2.05. The monoisotopic (exact) mass is 294 g/mol. The van der Waals surface area contributed by atoms with Crippen LogP contribution in [0.1, 0.15) is 0 Å². The highest BCUT2D eigenvalue weighted by molar-refractivity contribution is 14.1. The van der Waals surface area contributed by atoms with E-state index in [0.717, 1.165) is 9.32 Å². The lowest BCUT2D eigenvalue weighted by Crippen LogP contribution is -2.05. The first kappa shape index (κ1) is 10.5. The summed E-state index contributed by atoms with van der Waals surface area (Å²) in [4.78, 5) is 3.96. The lowest BCUT2D eigenvalue weighted by molar-refractivity contribution is 0.146. The van der Waals surface area contributed by atoms with Gasteiger partial charge in [0.05, 0.1) is 16.4 Å². The molecule has 5 heteroatoms. The largest absolute Gasteiger partial charge is 0.490 e. The van der Waals surface area contributed by atoms with Gasteiger partial charge >= 0.3 is 0 Å². The SMILES string of the molecule is COCCOc1cnc(N)c(I)c1. The van der Waals surface area contributed by atoms with Crippen molar-refractivity contribution in [2.24, 2.45) is 0 Å². The van der Waals surface area contributed by atoms with Crippen LogP contribution in [0.5, 0.6) is 5.75 Å². The number of aromatic nitrogens is 1. The molecule has 1 heterocycles. The molecule has 4 nitrogen and oxygen atoms in total. The number of nitrogens with two attached hydrogens (primary N) is 1. The van der Waals surface area contributed by atoms with E-state index in [1.165, 1.54) is 0 Å². The summed E-state index contributed by atoms with van der Waals surface area (Å²) in [5, 5.41) is 0. The standard InChI is InChI=1S/C8H11IN2O2/c1-12-2-3-13-6-4-7(9)8(10)11-5-6/h4-5H,2-3H2,1H3,(H2,10,11). The van der Waals surface area contributed by atoms with Crippen LogP contribution in [0, 0.1) is 3.57 Å². The Morgan fingerprint density at radius 1 is 1.54 bits per heavy atom. The highest BCUT2D eigenvalue weighted by atomic mass is 127. The van der Waals surface area contributed by atoms with E-state index in [2.05, 4.69) is 27.6 Å². The number of rotatable bonds is 4. The van der Waals surface area contributed by atoms with Crippen molar-refractivity contribution in [3.05, 3.63) is 15.8 Å². The highest BCUT2D eigenvalue weighted by Gasteiger charge is 1.99. The van der Waals surface area contributed by atoms with Crippen LogP contribution in [0.2, 0.25) is 0 Å². The smallest absolute Gasteiger partial charge is 0.138 e. The molecule has 0 aliphatic heterocycles. The van der Waals surface area contributed by atoms with Crippen molar-refractivity contribution < 1.29 is 9.47 Å². The molecule has 13 heavy (non-hydrogen) atoms. The molecule has 0 unspecified atom stereocenters. The maximum absolute atomic E-state index is 5.54. The summed E-state index contributed by atoms with van der Waals surface area (Å²) in [6.07, 6.45) is 1.60. The summed E-state index contributed by atoms with van der Waals surface area (Å²) >= 11 is 2.11. The first-order valence-corrected chi connectivity index (χ1v) is 4.84. The van der Waals surface area contributed by atoms with E-state index in [9.17, 15) is 0 Å². The second-order valence-electron chi connectivity index (χ2n) is 2.38. The highest BCUT2D eigenvalue weighted by Crippen LogP contribution is 2.18. The minimum Gasteiger partial charge on any atom is -0.490 e. The number of hydrogen-bond acceptors (Lipinski definition) is 4. The fraction of sp³-hybridized carbons (Fsp3) is 0.375. The van der Waals surface area contributed by atoms with Gasteiger partial charge in [0.15, 0.2) is 0 Å². The molecule has 0 atom stereocenters. The second kappa shape index (κ2) is 5.23. The maximum atomic E-state index is 5.54. The molecule has 0 aliphatic carbocycles. The molecule has 1 aromatic heterocycles. The Morgan fingerprint density at radius 2 is 2.31 bits per heavy atom. The molecule has 72 valence electrons. The van der Waals surface area contributed by atoms with Gasteiger partial charge in [-0.3, -0.25) is 0 Å². The summed E-state index contributed by atoms with van der Waals surface area (Å²) < 4.78 is 11.1. The van der Waals surface area contributed by atoms with Crippen LogP contribution in [0.4, 0.5) is 5.82 Å². The third-order valence-corrected chi connectivity index (χ3v) is 2.26. The van der Waals surface area contributed by atoms with E-state index in [0.29, 0.717) is 19.0 Å². The van der Waals surface area contributed by atoms with Gasteiger partial charge in [0.2, 0.25) is 0 Å². The Kier molecular flexibility index (Phi) is 4.23. The Bertz CT molecular complexity index is 281. The van der Waals surface area contributed by atoms with Crippen molar-refractivity contribution in [3.8, 4) is 5.75 Å². The van der Waals surface area contributed by atoms with Crippen LogP contribution in [0.3, 0.4) is 0 Å². The molecule has 0 fully saturated rings. The minimum absolute atomic E-state index is 0.526. The summed E-state index contributed by atoms with van der Waals surface area (Å²) in [5.74, 6) is 1.25. The Morgan fingerprint density at radius 3 is 2.92 bits per heavy atom. The summed E-state index contributed by atoms with van der Waals surface area (Å²) in [6.45, 7) is 1.10. The van der Waals surface area contributed by atoms with Crippen molar-refractivity contribution in [3.63, 3.8) is 0 Å². The molecule has 0 aliphatic rings. The first-order valence-electron chi connectivity index (χ1n) is 3.77. The summed E-state index contributed by atoms with van der Waals surface area (Å²) in [7, 11) is 1.63. The second-order valence-corrected chi connectivity index (χ2v) is 3.54. The van der Waals surface area contributed by atoms with E-state index in [-0.39, 0.29) is 0 Å². The summed E-state index contributed by atoms with van der Waals surface area (Å²) in [6, 6.07) is 1.85. The quantitative estimate of drug-likeness (QED) is 0.671. The van der Waals surface area contributed by atoms with Crippen molar-refractivity contribution in [2.45, 2.75) is 0 Å². The Labute approximate surface area is 90.6 Å². The van der Waals surface area contributed by atoms with Crippen molar-refractivity contribution in [1.82, 2.24) is 4.98 Å². The number of nitrogen functional groups attached to an aromatic ring is 1. The minimum atomic E-state index is 0.526. The van der Waals surface area contributed by atoms with Gasteiger partial charge in [-0.05, 0) is 28.7 Å². The van der Waals surface area contributed by atoms with Gasteiger partial charge in [0.1, 0.15) is 18.2 Å². The number of halogens is 1. The number of pyridine rings is 1. The molecule has 0 saturated heterocycles. The predicted octanol–water partition coefficient (Wildman–Crippen LogP) is 1.29. The average Bonchev–Trinajstić information content (AvgIpc) is 2.12. The number of nitrogens with zero attached hydrogens (tertiary/aromatic N) is 1. The maximum Gasteiger partial charge on any atom is 0.138 e. The molecule has 0 spiro atoms. The third-order valence-electron chi connectivity index (χ3n) is 1.40. The average molecular weight is 294 g/mol.